The van der Waals surface area contributed by atoms with E-state index in [1.54, 1.807) is 19.3 Å². The van der Waals surface area contributed by atoms with E-state index in [0.29, 0.717) is 11.7 Å². The molecule has 2 aromatic heterocycles. The van der Waals surface area contributed by atoms with Gasteiger partial charge < -0.3 is 4.52 Å². The summed E-state index contributed by atoms with van der Waals surface area (Å²) in [5, 5.41) is 4.01. The fourth-order valence-electron chi connectivity index (χ4n) is 2.33. The lowest BCUT2D eigenvalue weighted by molar-refractivity contribution is -0.119. The van der Waals surface area contributed by atoms with Crippen molar-refractivity contribution < 1.29 is 9.32 Å². The Labute approximate surface area is 118 Å². The minimum atomic E-state index is -0.344. The highest BCUT2D eigenvalue weighted by Crippen LogP contribution is 2.27. The molecular weight excluding hydrogens is 254 g/mol. The van der Waals surface area contributed by atoms with Crippen LogP contribution in [0.1, 0.15) is 45.1 Å². The van der Waals surface area contributed by atoms with Crippen molar-refractivity contribution in [3.63, 3.8) is 0 Å². The number of nitrogens with zero attached hydrogens (tertiary/aromatic N) is 3. The highest BCUT2D eigenvalue weighted by molar-refractivity contribution is 5.82. The number of Topliss-reactive ketones (excluding diaryl/α,β-unsaturated/α-hetero) is 1. The maximum atomic E-state index is 11.7. The Hall–Kier alpha value is -2.04. The molecule has 0 saturated carbocycles. The van der Waals surface area contributed by atoms with Crippen molar-refractivity contribution in [3.8, 4) is 11.4 Å². The summed E-state index contributed by atoms with van der Waals surface area (Å²) in [5.74, 6) is 0.736. The van der Waals surface area contributed by atoms with Crippen molar-refractivity contribution in [2.24, 2.45) is 5.92 Å². The first-order chi connectivity index (χ1) is 9.54. The molecule has 0 fully saturated rings. The van der Waals surface area contributed by atoms with Crippen LogP contribution < -0.4 is 0 Å². The Morgan fingerprint density at radius 3 is 2.75 bits per heavy atom. The lowest BCUT2D eigenvalue weighted by atomic mass is 9.92. The third-order valence-corrected chi connectivity index (χ3v) is 3.34. The summed E-state index contributed by atoms with van der Waals surface area (Å²) in [6.07, 6.45) is 4.35. The Morgan fingerprint density at radius 1 is 1.40 bits per heavy atom. The maximum absolute atomic E-state index is 11.7. The molecule has 0 aliphatic heterocycles. The lowest BCUT2D eigenvalue weighted by Crippen LogP contribution is -2.15. The van der Waals surface area contributed by atoms with Crippen LogP contribution in [0, 0.1) is 5.92 Å². The SMILES string of the molecule is CCc1cnccc1-c1noc(C(C(C)=O)C(C)C)n1. The molecule has 0 spiro atoms. The molecule has 0 saturated heterocycles. The zero-order chi connectivity index (χ0) is 14.7. The number of hydrogen-bond acceptors (Lipinski definition) is 5. The smallest absolute Gasteiger partial charge is 0.237 e. The van der Waals surface area contributed by atoms with Crippen LogP contribution in [0.5, 0.6) is 0 Å². The zero-order valence-electron chi connectivity index (χ0n) is 12.3. The number of pyridine rings is 1. The molecule has 0 N–H and O–H groups in total. The molecular formula is C15H19N3O2. The minimum absolute atomic E-state index is 0.0423. The van der Waals surface area contributed by atoms with Gasteiger partial charge in [-0.3, -0.25) is 9.78 Å². The van der Waals surface area contributed by atoms with Crippen LogP contribution in [0.2, 0.25) is 0 Å². The van der Waals surface area contributed by atoms with Gasteiger partial charge in [0.15, 0.2) is 0 Å². The summed E-state index contributed by atoms with van der Waals surface area (Å²) in [6, 6.07) is 1.87. The van der Waals surface area contributed by atoms with Crippen LogP contribution in [0.3, 0.4) is 0 Å². The van der Waals surface area contributed by atoms with Crippen molar-refractivity contribution in [2.75, 3.05) is 0 Å². The van der Waals surface area contributed by atoms with Gasteiger partial charge in [-0.15, -0.1) is 0 Å². The summed E-state index contributed by atoms with van der Waals surface area (Å²) in [4.78, 5) is 20.2. The molecule has 0 bridgehead atoms. The average molecular weight is 273 g/mol. The predicted molar refractivity (Wildman–Crippen MR) is 75.2 cm³/mol. The molecule has 0 aliphatic rings. The molecule has 5 nitrogen and oxygen atoms in total. The number of aryl methyl sites for hydroxylation is 1. The van der Waals surface area contributed by atoms with E-state index in [0.717, 1.165) is 17.5 Å². The highest BCUT2D eigenvalue weighted by Gasteiger charge is 2.27. The van der Waals surface area contributed by atoms with Crippen LogP contribution in [-0.4, -0.2) is 20.9 Å². The van der Waals surface area contributed by atoms with Crippen molar-refractivity contribution in [1.82, 2.24) is 15.1 Å². The van der Waals surface area contributed by atoms with Gasteiger partial charge in [0.05, 0.1) is 5.92 Å². The Morgan fingerprint density at radius 2 is 2.15 bits per heavy atom. The van der Waals surface area contributed by atoms with Crippen LogP contribution in [0.25, 0.3) is 11.4 Å². The zero-order valence-corrected chi connectivity index (χ0v) is 12.3. The quantitative estimate of drug-likeness (QED) is 0.837. The van der Waals surface area contributed by atoms with E-state index in [1.165, 1.54) is 0 Å². The van der Waals surface area contributed by atoms with E-state index in [-0.39, 0.29) is 17.6 Å². The molecule has 0 amide bonds. The summed E-state index contributed by atoms with van der Waals surface area (Å²) < 4.78 is 5.30. The van der Waals surface area contributed by atoms with E-state index in [9.17, 15) is 4.79 Å². The number of carbonyl (C=O) groups excluding carboxylic acids is 1. The highest BCUT2D eigenvalue weighted by atomic mass is 16.5. The van der Waals surface area contributed by atoms with Gasteiger partial charge in [0.1, 0.15) is 5.78 Å². The van der Waals surface area contributed by atoms with Gasteiger partial charge in [-0.1, -0.05) is 25.9 Å². The third kappa shape index (κ3) is 2.76. The largest absolute Gasteiger partial charge is 0.338 e. The molecule has 0 radical (unpaired) electrons. The molecule has 2 aromatic rings. The fourth-order valence-corrected chi connectivity index (χ4v) is 2.33. The fraction of sp³-hybridized carbons (Fsp3) is 0.467. The maximum Gasteiger partial charge on any atom is 0.237 e. The van der Waals surface area contributed by atoms with E-state index >= 15 is 0 Å². The number of aromatic nitrogens is 3. The van der Waals surface area contributed by atoms with Crippen LogP contribution >= 0.6 is 0 Å². The molecule has 2 rings (SSSR count). The van der Waals surface area contributed by atoms with Gasteiger partial charge in [-0.2, -0.15) is 4.98 Å². The van der Waals surface area contributed by atoms with E-state index < -0.39 is 0 Å². The van der Waals surface area contributed by atoms with Gasteiger partial charge >= 0.3 is 0 Å². The number of carbonyl (C=O) groups is 1. The second kappa shape index (κ2) is 5.94. The molecule has 1 atom stereocenters. The van der Waals surface area contributed by atoms with Crippen LogP contribution in [0.4, 0.5) is 0 Å². The van der Waals surface area contributed by atoms with Crippen molar-refractivity contribution in [1.29, 1.82) is 0 Å². The van der Waals surface area contributed by atoms with E-state index in [4.69, 9.17) is 4.52 Å². The molecule has 5 heteroatoms. The molecule has 0 aliphatic carbocycles. The van der Waals surface area contributed by atoms with Crippen LogP contribution in [-0.2, 0) is 11.2 Å². The summed E-state index contributed by atoms with van der Waals surface area (Å²) in [6.45, 7) is 7.55. The number of hydrogen-bond donors (Lipinski definition) is 0. The van der Waals surface area contributed by atoms with Crippen molar-refractivity contribution in [3.05, 3.63) is 29.9 Å². The average Bonchev–Trinajstić information content (AvgIpc) is 2.87. The second-order valence-corrected chi connectivity index (χ2v) is 5.17. The van der Waals surface area contributed by atoms with E-state index in [1.807, 2.05) is 26.8 Å². The third-order valence-electron chi connectivity index (χ3n) is 3.34. The van der Waals surface area contributed by atoms with Crippen LogP contribution in [0.15, 0.2) is 23.0 Å². The summed E-state index contributed by atoms with van der Waals surface area (Å²) in [5.41, 5.74) is 1.97. The van der Waals surface area contributed by atoms with Crippen molar-refractivity contribution >= 4 is 5.78 Å². The number of rotatable bonds is 5. The standard InChI is InChI=1S/C15H19N3O2/c1-5-11-8-16-7-6-12(11)14-17-15(20-18-14)13(9(2)3)10(4)19/h6-9,13H,5H2,1-4H3. The topological polar surface area (TPSA) is 68.9 Å². The first kappa shape index (κ1) is 14.4. The van der Waals surface area contributed by atoms with Crippen molar-refractivity contribution in [2.45, 2.75) is 40.0 Å². The Kier molecular flexibility index (Phi) is 4.27. The normalized spacial score (nSPS) is 12.7. The summed E-state index contributed by atoms with van der Waals surface area (Å²) in [7, 11) is 0. The molecule has 2 heterocycles. The van der Waals surface area contributed by atoms with Gasteiger partial charge in [-0.05, 0) is 30.9 Å². The summed E-state index contributed by atoms with van der Waals surface area (Å²) >= 11 is 0. The molecule has 106 valence electrons. The van der Waals surface area contributed by atoms with Gasteiger partial charge in [0.25, 0.3) is 0 Å². The molecule has 1 unspecified atom stereocenters. The Balaban J connectivity index is 2.40. The molecule has 0 aromatic carbocycles. The first-order valence-electron chi connectivity index (χ1n) is 6.81. The van der Waals surface area contributed by atoms with Gasteiger partial charge in [0.2, 0.25) is 11.7 Å². The van der Waals surface area contributed by atoms with Gasteiger partial charge in [-0.25, -0.2) is 0 Å². The Bertz CT molecular complexity index is 605. The predicted octanol–water partition coefficient (Wildman–Crippen LogP) is 3.02. The van der Waals surface area contributed by atoms with Gasteiger partial charge in [0, 0.05) is 18.0 Å². The molecule has 20 heavy (non-hydrogen) atoms. The van der Waals surface area contributed by atoms with E-state index in [2.05, 4.69) is 15.1 Å². The minimum Gasteiger partial charge on any atom is -0.338 e. The second-order valence-electron chi connectivity index (χ2n) is 5.17. The number of ketones is 1. The first-order valence-corrected chi connectivity index (χ1v) is 6.81. The monoisotopic (exact) mass is 273 g/mol. The lowest BCUT2D eigenvalue weighted by Gasteiger charge is -2.12.